The number of nitrogens with two attached hydrogens (primary N) is 1. The molecule has 0 spiro atoms. The van der Waals surface area contributed by atoms with E-state index in [2.05, 4.69) is 0 Å². The van der Waals surface area contributed by atoms with Crippen molar-refractivity contribution in [3.05, 3.63) is 23.8 Å². The molecular weight excluding hydrogens is 208 g/mol. The van der Waals surface area contributed by atoms with Gasteiger partial charge in [0.25, 0.3) is 0 Å². The Balaban J connectivity index is 2.73. The molecule has 0 fully saturated rings. The summed E-state index contributed by atoms with van der Waals surface area (Å²) >= 11 is 0. The number of rotatable bonds is 5. The normalized spacial score (nSPS) is 9.44. The summed E-state index contributed by atoms with van der Waals surface area (Å²) in [7, 11) is 0. The van der Waals surface area contributed by atoms with E-state index in [0.29, 0.717) is 25.1 Å². The Kier molecular flexibility index (Phi) is 4.16. The topological polar surface area (TPSA) is 96.3 Å². The summed E-state index contributed by atoms with van der Waals surface area (Å²) in [5, 5.41) is 17.2. The monoisotopic (exact) mass is 220 g/mol. The third-order valence-corrected chi connectivity index (χ3v) is 1.93. The van der Waals surface area contributed by atoms with Crippen molar-refractivity contribution in [3.63, 3.8) is 0 Å². The molecule has 5 heteroatoms. The third kappa shape index (κ3) is 3.17. The summed E-state index contributed by atoms with van der Waals surface area (Å²) < 4.78 is 5.27. The Bertz CT molecular complexity index is 424. The average molecular weight is 220 g/mol. The predicted octanol–water partition coefficient (Wildman–Crippen LogP) is 1.65. The quantitative estimate of drug-likeness (QED) is 0.581. The Morgan fingerprint density at radius 3 is 2.94 bits per heavy atom. The number of nitrogen functional groups attached to an aromatic ring is 1. The number of nitrogens with zero attached hydrogens (tertiary/aromatic N) is 1. The van der Waals surface area contributed by atoms with E-state index in [-0.39, 0.29) is 11.3 Å². The molecule has 0 aromatic heterocycles. The number of carboxylic acid groups (broad SMARTS) is 1. The summed E-state index contributed by atoms with van der Waals surface area (Å²) in [6, 6.07) is 6.36. The number of unbranched alkanes of at least 4 members (excludes halogenated alkanes) is 1. The van der Waals surface area contributed by atoms with E-state index in [1.807, 2.05) is 6.07 Å². The molecule has 5 nitrogen and oxygen atoms in total. The van der Waals surface area contributed by atoms with Crippen LogP contribution in [-0.2, 0) is 0 Å². The van der Waals surface area contributed by atoms with Gasteiger partial charge in [-0.3, -0.25) is 0 Å². The number of carbonyl (C=O) groups is 1. The molecule has 1 rings (SSSR count). The highest BCUT2D eigenvalue weighted by Gasteiger charge is 2.11. The minimum Gasteiger partial charge on any atom is -0.493 e. The SMILES string of the molecule is N#CCCCOc1cc(N)ccc1C(=O)O. The van der Waals surface area contributed by atoms with E-state index in [1.165, 1.54) is 18.2 Å². The highest BCUT2D eigenvalue weighted by Crippen LogP contribution is 2.22. The van der Waals surface area contributed by atoms with Crippen LogP contribution in [0.15, 0.2) is 18.2 Å². The first-order valence-corrected chi connectivity index (χ1v) is 4.77. The molecule has 0 bridgehead atoms. The molecule has 0 heterocycles. The van der Waals surface area contributed by atoms with Crippen molar-refractivity contribution in [2.45, 2.75) is 12.8 Å². The lowest BCUT2D eigenvalue weighted by molar-refractivity contribution is 0.0692. The zero-order chi connectivity index (χ0) is 12.0. The van der Waals surface area contributed by atoms with Crippen molar-refractivity contribution in [2.24, 2.45) is 0 Å². The van der Waals surface area contributed by atoms with Crippen LogP contribution >= 0.6 is 0 Å². The number of ether oxygens (including phenoxy) is 1. The van der Waals surface area contributed by atoms with E-state index in [0.717, 1.165) is 0 Å². The fourth-order valence-electron chi connectivity index (χ4n) is 1.17. The van der Waals surface area contributed by atoms with Crippen LogP contribution < -0.4 is 10.5 Å². The van der Waals surface area contributed by atoms with Gasteiger partial charge in [-0.15, -0.1) is 0 Å². The molecule has 1 aromatic carbocycles. The van der Waals surface area contributed by atoms with Gasteiger partial charge in [0.15, 0.2) is 0 Å². The summed E-state index contributed by atoms with van der Waals surface area (Å²) in [5.41, 5.74) is 6.05. The van der Waals surface area contributed by atoms with Crippen LogP contribution in [0, 0.1) is 11.3 Å². The number of aromatic carboxylic acids is 1. The van der Waals surface area contributed by atoms with Gasteiger partial charge in [-0.2, -0.15) is 5.26 Å². The van der Waals surface area contributed by atoms with Crippen molar-refractivity contribution in [3.8, 4) is 11.8 Å². The Hall–Kier alpha value is -2.22. The first kappa shape index (κ1) is 11.9. The molecule has 0 saturated carbocycles. The van der Waals surface area contributed by atoms with Crippen LogP contribution in [0.5, 0.6) is 5.75 Å². The minimum atomic E-state index is -1.06. The second-order valence-electron chi connectivity index (χ2n) is 3.17. The fourth-order valence-corrected chi connectivity index (χ4v) is 1.17. The largest absolute Gasteiger partial charge is 0.493 e. The second kappa shape index (κ2) is 5.61. The number of hydrogen-bond donors (Lipinski definition) is 2. The van der Waals surface area contributed by atoms with Crippen molar-refractivity contribution in [1.82, 2.24) is 0 Å². The van der Waals surface area contributed by atoms with Gasteiger partial charge in [0.1, 0.15) is 11.3 Å². The van der Waals surface area contributed by atoms with E-state index >= 15 is 0 Å². The Labute approximate surface area is 93.1 Å². The van der Waals surface area contributed by atoms with Crippen molar-refractivity contribution < 1.29 is 14.6 Å². The summed E-state index contributed by atoms with van der Waals surface area (Å²) in [6.07, 6.45) is 0.940. The van der Waals surface area contributed by atoms with Crippen LogP contribution in [0.4, 0.5) is 5.69 Å². The van der Waals surface area contributed by atoms with Crippen LogP contribution in [0.1, 0.15) is 23.2 Å². The van der Waals surface area contributed by atoms with Gasteiger partial charge in [0.05, 0.1) is 12.7 Å². The fraction of sp³-hybridized carbons (Fsp3) is 0.273. The first-order valence-electron chi connectivity index (χ1n) is 4.77. The van der Waals surface area contributed by atoms with Gasteiger partial charge >= 0.3 is 5.97 Å². The number of hydrogen-bond acceptors (Lipinski definition) is 4. The van der Waals surface area contributed by atoms with Gasteiger partial charge in [0.2, 0.25) is 0 Å². The number of benzene rings is 1. The standard InChI is InChI=1S/C11H12N2O3/c12-5-1-2-6-16-10-7-8(13)3-4-9(10)11(14)15/h3-4,7H,1-2,6,13H2,(H,14,15). The molecule has 84 valence electrons. The van der Waals surface area contributed by atoms with Gasteiger partial charge in [-0.05, 0) is 18.6 Å². The highest BCUT2D eigenvalue weighted by molar-refractivity contribution is 5.91. The van der Waals surface area contributed by atoms with E-state index in [1.54, 1.807) is 0 Å². The van der Waals surface area contributed by atoms with Crippen molar-refractivity contribution in [1.29, 1.82) is 5.26 Å². The maximum absolute atomic E-state index is 10.8. The molecule has 0 saturated heterocycles. The summed E-state index contributed by atoms with van der Waals surface area (Å²) in [5.74, 6) is -0.819. The van der Waals surface area contributed by atoms with Crippen LogP contribution in [0.2, 0.25) is 0 Å². The molecule has 3 N–H and O–H groups in total. The van der Waals surface area contributed by atoms with Crippen LogP contribution in [-0.4, -0.2) is 17.7 Å². The molecule has 0 radical (unpaired) electrons. The van der Waals surface area contributed by atoms with Gasteiger partial charge in [-0.25, -0.2) is 4.79 Å². The van der Waals surface area contributed by atoms with E-state index in [9.17, 15) is 4.79 Å². The predicted molar refractivity (Wildman–Crippen MR) is 58.2 cm³/mol. The average Bonchev–Trinajstić information content (AvgIpc) is 2.24. The molecule has 0 aliphatic carbocycles. The van der Waals surface area contributed by atoms with Crippen LogP contribution in [0.3, 0.4) is 0 Å². The Morgan fingerprint density at radius 2 is 2.31 bits per heavy atom. The van der Waals surface area contributed by atoms with Crippen molar-refractivity contribution in [2.75, 3.05) is 12.3 Å². The zero-order valence-corrected chi connectivity index (χ0v) is 8.64. The lowest BCUT2D eigenvalue weighted by atomic mass is 10.2. The van der Waals surface area contributed by atoms with Gasteiger partial charge in [-0.1, -0.05) is 0 Å². The lowest BCUT2D eigenvalue weighted by Crippen LogP contribution is -2.05. The molecule has 0 aliphatic heterocycles. The number of anilines is 1. The number of nitriles is 1. The smallest absolute Gasteiger partial charge is 0.339 e. The van der Waals surface area contributed by atoms with Crippen molar-refractivity contribution >= 4 is 11.7 Å². The molecule has 0 aliphatic rings. The molecular formula is C11H12N2O3. The maximum atomic E-state index is 10.8. The third-order valence-electron chi connectivity index (χ3n) is 1.93. The van der Waals surface area contributed by atoms with Gasteiger partial charge in [0, 0.05) is 18.2 Å². The molecule has 0 unspecified atom stereocenters. The zero-order valence-electron chi connectivity index (χ0n) is 8.64. The van der Waals surface area contributed by atoms with Gasteiger partial charge < -0.3 is 15.6 Å². The van der Waals surface area contributed by atoms with Crippen LogP contribution in [0.25, 0.3) is 0 Å². The highest BCUT2D eigenvalue weighted by atomic mass is 16.5. The molecule has 0 amide bonds. The minimum absolute atomic E-state index is 0.0751. The van der Waals surface area contributed by atoms with E-state index in [4.69, 9.17) is 20.8 Å². The van der Waals surface area contributed by atoms with E-state index < -0.39 is 5.97 Å². The molecule has 1 aromatic rings. The molecule has 0 atom stereocenters. The summed E-state index contributed by atoms with van der Waals surface area (Å²) in [6.45, 7) is 0.303. The Morgan fingerprint density at radius 1 is 1.56 bits per heavy atom. The molecule has 16 heavy (non-hydrogen) atoms. The summed E-state index contributed by atoms with van der Waals surface area (Å²) in [4.78, 5) is 10.8. The first-order chi connectivity index (χ1) is 7.65. The second-order valence-corrected chi connectivity index (χ2v) is 3.17. The lowest BCUT2D eigenvalue weighted by Gasteiger charge is -2.08. The maximum Gasteiger partial charge on any atom is 0.339 e. The number of carboxylic acids is 1.